The van der Waals surface area contributed by atoms with E-state index in [-0.39, 0.29) is 0 Å². The Morgan fingerprint density at radius 1 is 1.53 bits per heavy atom. The summed E-state index contributed by atoms with van der Waals surface area (Å²) in [5, 5.41) is 0.741. The Morgan fingerprint density at radius 2 is 2.29 bits per heavy atom. The number of methoxy groups -OCH3 is 1. The van der Waals surface area contributed by atoms with Crippen LogP contribution in [-0.4, -0.2) is 13.2 Å². The highest BCUT2D eigenvalue weighted by molar-refractivity contribution is 6.30. The van der Waals surface area contributed by atoms with Gasteiger partial charge in [-0.1, -0.05) is 18.0 Å². The summed E-state index contributed by atoms with van der Waals surface area (Å²) in [5.74, 6) is 7.20. The van der Waals surface area contributed by atoms with E-state index >= 15 is 0 Å². The molecule has 1 aliphatic carbocycles. The van der Waals surface area contributed by atoms with Gasteiger partial charge in [-0.25, -0.2) is 0 Å². The maximum absolute atomic E-state index is 6.02. The molecule has 1 fully saturated rings. The predicted molar refractivity (Wildman–Crippen MR) is 70.2 cm³/mol. The Balaban J connectivity index is 2.12. The van der Waals surface area contributed by atoms with Crippen LogP contribution in [0.15, 0.2) is 18.2 Å². The summed E-state index contributed by atoms with van der Waals surface area (Å²) in [6, 6.07) is 6.03. The average Bonchev–Trinajstić information content (AvgIpc) is 2.26. The van der Waals surface area contributed by atoms with Crippen LogP contribution < -0.4 is 16.0 Å². The van der Waals surface area contributed by atoms with Gasteiger partial charge < -0.3 is 4.74 Å². The minimum absolute atomic E-state index is 0.316. The number of nitrogens with two attached hydrogens (primary N) is 1. The number of ether oxygens (including phenoxy) is 1. The fourth-order valence-electron chi connectivity index (χ4n) is 2.35. The van der Waals surface area contributed by atoms with Gasteiger partial charge in [0.2, 0.25) is 0 Å². The average molecular weight is 255 g/mol. The van der Waals surface area contributed by atoms with E-state index in [1.54, 1.807) is 7.11 Å². The van der Waals surface area contributed by atoms with Gasteiger partial charge in [0, 0.05) is 11.1 Å². The van der Waals surface area contributed by atoms with Gasteiger partial charge in [-0.15, -0.1) is 0 Å². The SMILES string of the molecule is COc1ccc(Cl)cc1CC(NN)C1CCC1. The summed E-state index contributed by atoms with van der Waals surface area (Å²) in [6.45, 7) is 0. The van der Waals surface area contributed by atoms with Crippen LogP contribution in [0.3, 0.4) is 0 Å². The molecule has 0 aromatic heterocycles. The zero-order chi connectivity index (χ0) is 12.3. The maximum atomic E-state index is 6.02. The van der Waals surface area contributed by atoms with E-state index in [1.165, 1.54) is 19.3 Å². The predicted octanol–water partition coefficient (Wildman–Crippen LogP) is 2.52. The molecule has 1 atom stereocenters. The van der Waals surface area contributed by atoms with E-state index in [0.29, 0.717) is 12.0 Å². The van der Waals surface area contributed by atoms with Gasteiger partial charge in [-0.2, -0.15) is 0 Å². The van der Waals surface area contributed by atoms with Crippen molar-refractivity contribution in [3.63, 3.8) is 0 Å². The number of hydrazine groups is 1. The van der Waals surface area contributed by atoms with Crippen LogP contribution in [0.4, 0.5) is 0 Å². The molecule has 4 heteroatoms. The molecule has 0 heterocycles. The molecule has 0 radical (unpaired) electrons. The van der Waals surface area contributed by atoms with Gasteiger partial charge >= 0.3 is 0 Å². The lowest BCUT2D eigenvalue weighted by atomic mass is 9.78. The van der Waals surface area contributed by atoms with E-state index < -0.39 is 0 Å². The molecular weight excluding hydrogens is 236 g/mol. The number of rotatable bonds is 5. The van der Waals surface area contributed by atoms with Crippen molar-refractivity contribution in [2.45, 2.75) is 31.7 Å². The van der Waals surface area contributed by atoms with Crippen LogP contribution in [0, 0.1) is 5.92 Å². The standard InChI is InChI=1S/C13H19ClN2O/c1-17-13-6-5-11(14)7-10(13)8-12(16-15)9-3-2-4-9/h5-7,9,12,16H,2-4,8,15H2,1H3. The second-order valence-corrected chi connectivity index (χ2v) is 5.06. The van der Waals surface area contributed by atoms with E-state index in [1.807, 2.05) is 18.2 Å². The largest absolute Gasteiger partial charge is 0.496 e. The van der Waals surface area contributed by atoms with Crippen molar-refractivity contribution in [1.29, 1.82) is 0 Å². The van der Waals surface area contributed by atoms with Crippen molar-refractivity contribution in [2.75, 3.05) is 7.11 Å². The molecule has 0 aliphatic heterocycles. The van der Waals surface area contributed by atoms with Crippen molar-refractivity contribution in [3.05, 3.63) is 28.8 Å². The molecule has 0 spiro atoms. The van der Waals surface area contributed by atoms with Crippen LogP contribution in [0.5, 0.6) is 5.75 Å². The monoisotopic (exact) mass is 254 g/mol. The van der Waals surface area contributed by atoms with Crippen molar-refractivity contribution in [3.8, 4) is 5.75 Å². The Hall–Kier alpha value is -0.770. The fourth-order valence-corrected chi connectivity index (χ4v) is 2.54. The van der Waals surface area contributed by atoms with Gasteiger partial charge in [-0.05, 0) is 48.9 Å². The molecule has 1 aromatic carbocycles. The van der Waals surface area contributed by atoms with Gasteiger partial charge in [-0.3, -0.25) is 11.3 Å². The summed E-state index contributed by atoms with van der Waals surface area (Å²) in [6.07, 6.45) is 4.70. The first-order chi connectivity index (χ1) is 8.24. The molecular formula is C13H19ClN2O. The fraction of sp³-hybridized carbons (Fsp3) is 0.538. The molecule has 1 aromatic rings. The Bertz CT molecular complexity index is 380. The van der Waals surface area contributed by atoms with Crippen molar-refractivity contribution >= 4 is 11.6 Å². The van der Waals surface area contributed by atoms with Crippen molar-refractivity contribution in [2.24, 2.45) is 11.8 Å². The lowest BCUT2D eigenvalue weighted by molar-refractivity contribution is 0.227. The van der Waals surface area contributed by atoms with Crippen LogP contribution in [0.2, 0.25) is 5.02 Å². The Morgan fingerprint density at radius 3 is 2.82 bits per heavy atom. The Labute approximate surface area is 107 Å². The maximum Gasteiger partial charge on any atom is 0.122 e. The zero-order valence-corrected chi connectivity index (χ0v) is 10.8. The van der Waals surface area contributed by atoms with Crippen LogP contribution in [-0.2, 0) is 6.42 Å². The smallest absolute Gasteiger partial charge is 0.122 e. The van der Waals surface area contributed by atoms with Gasteiger partial charge in [0.1, 0.15) is 5.75 Å². The highest BCUT2D eigenvalue weighted by atomic mass is 35.5. The first kappa shape index (κ1) is 12.7. The van der Waals surface area contributed by atoms with E-state index in [9.17, 15) is 0 Å². The molecule has 0 saturated heterocycles. The molecule has 3 nitrogen and oxygen atoms in total. The zero-order valence-electron chi connectivity index (χ0n) is 10.1. The molecule has 2 rings (SSSR count). The molecule has 0 amide bonds. The molecule has 1 saturated carbocycles. The molecule has 3 N–H and O–H groups in total. The quantitative estimate of drug-likeness (QED) is 0.627. The molecule has 1 aliphatic rings. The minimum Gasteiger partial charge on any atom is -0.496 e. The molecule has 94 valence electrons. The van der Waals surface area contributed by atoms with E-state index in [2.05, 4.69) is 5.43 Å². The normalized spacial score (nSPS) is 17.6. The highest BCUT2D eigenvalue weighted by Crippen LogP contribution is 2.32. The third kappa shape index (κ3) is 2.92. The molecule has 0 bridgehead atoms. The number of hydrogen-bond donors (Lipinski definition) is 2. The number of benzene rings is 1. The van der Waals surface area contributed by atoms with Gasteiger partial charge in [0.05, 0.1) is 7.11 Å². The van der Waals surface area contributed by atoms with Crippen LogP contribution >= 0.6 is 11.6 Å². The highest BCUT2D eigenvalue weighted by Gasteiger charge is 2.27. The second-order valence-electron chi connectivity index (χ2n) is 4.62. The molecule has 1 unspecified atom stereocenters. The lowest BCUT2D eigenvalue weighted by Crippen LogP contribution is -2.44. The third-order valence-corrected chi connectivity index (χ3v) is 3.85. The van der Waals surface area contributed by atoms with Crippen LogP contribution in [0.1, 0.15) is 24.8 Å². The minimum atomic E-state index is 0.316. The Kier molecular flexibility index (Phi) is 4.26. The van der Waals surface area contributed by atoms with E-state index in [0.717, 1.165) is 22.8 Å². The summed E-state index contributed by atoms with van der Waals surface area (Å²) in [4.78, 5) is 0. The van der Waals surface area contributed by atoms with Gasteiger partial charge in [0.15, 0.2) is 0 Å². The number of halogens is 1. The lowest BCUT2D eigenvalue weighted by Gasteiger charge is -2.33. The first-order valence-electron chi connectivity index (χ1n) is 6.03. The van der Waals surface area contributed by atoms with Crippen molar-refractivity contribution < 1.29 is 4.74 Å². The summed E-state index contributed by atoms with van der Waals surface area (Å²) >= 11 is 6.02. The third-order valence-electron chi connectivity index (χ3n) is 3.62. The van der Waals surface area contributed by atoms with E-state index in [4.69, 9.17) is 22.2 Å². The van der Waals surface area contributed by atoms with Gasteiger partial charge in [0.25, 0.3) is 0 Å². The van der Waals surface area contributed by atoms with Crippen molar-refractivity contribution in [1.82, 2.24) is 5.43 Å². The number of nitrogens with one attached hydrogen (secondary N) is 1. The summed E-state index contributed by atoms with van der Waals surface area (Å²) in [7, 11) is 1.68. The van der Waals surface area contributed by atoms with Crippen LogP contribution in [0.25, 0.3) is 0 Å². The summed E-state index contributed by atoms with van der Waals surface area (Å²) < 4.78 is 5.35. The number of hydrogen-bond acceptors (Lipinski definition) is 3. The molecule has 17 heavy (non-hydrogen) atoms. The topological polar surface area (TPSA) is 47.3 Å². The second kappa shape index (κ2) is 5.71. The first-order valence-corrected chi connectivity index (χ1v) is 6.41. The summed E-state index contributed by atoms with van der Waals surface area (Å²) in [5.41, 5.74) is 4.04.